The van der Waals surface area contributed by atoms with Gasteiger partial charge in [-0.1, -0.05) is 6.92 Å². The van der Waals surface area contributed by atoms with E-state index in [0.717, 1.165) is 62.5 Å². The van der Waals surface area contributed by atoms with Crippen molar-refractivity contribution in [3.05, 3.63) is 29.0 Å². The van der Waals surface area contributed by atoms with Crippen molar-refractivity contribution in [1.29, 1.82) is 0 Å². The monoisotopic (exact) mass is 432 g/mol. The molecule has 2 aliphatic rings. The number of aryl methyl sites for hydroxylation is 3. The van der Waals surface area contributed by atoms with Crippen molar-refractivity contribution in [3.8, 4) is 0 Å². The van der Waals surface area contributed by atoms with Gasteiger partial charge >= 0.3 is 0 Å². The molecule has 1 atom stereocenters. The van der Waals surface area contributed by atoms with Crippen molar-refractivity contribution in [3.63, 3.8) is 0 Å². The van der Waals surface area contributed by atoms with Crippen LogP contribution >= 0.6 is 0 Å². The van der Waals surface area contributed by atoms with Gasteiger partial charge in [0.05, 0.1) is 5.69 Å². The fraction of sp³-hybridized carbons (Fsp3) is 0.667. The summed E-state index contributed by atoms with van der Waals surface area (Å²) in [5, 5.41) is 4.39. The molecule has 1 fully saturated rings. The van der Waals surface area contributed by atoms with Crippen LogP contribution in [0.3, 0.4) is 0 Å². The number of rotatable bonds is 5. The summed E-state index contributed by atoms with van der Waals surface area (Å²) < 4.78 is 30.1. The molecule has 0 unspecified atom stereocenters. The van der Waals surface area contributed by atoms with Gasteiger partial charge in [-0.2, -0.15) is 9.40 Å². The van der Waals surface area contributed by atoms with Gasteiger partial charge in [-0.05, 0) is 46.0 Å². The minimum Gasteiger partial charge on any atom is -0.359 e. The van der Waals surface area contributed by atoms with Gasteiger partial charge in [0.1, 0.15) is 16.5 Å². The first kappa shape index (κ1) is 21.2. The minimum atomic E-state index is -3.59. The van der Waals surface area contributed by atoms with E-state index in [1.54, 1.807) is 22.1 Å². The van der Waals surface area contributed by atoms with Crippen molar-refractivity contribution in [1.82, 2.24) is 24.1 Å². The smallest absolute Gasteiger partial charge is 0.246 e. The highest BCUT2D eigenvalue weighted by Gasteiger charge is 2.34. The van der Waals surface area contributed by atoms with Crippen LogP contribution in [0.1, 0.15) is 61.3 Å². The fourth-order valence-electron chi connectivity index (χ4n) is 4.60. The zero-order chi connectivity index (χ0) is 21.5. The lowest BCUT2D eigenvalue weighted by atomic mass is 9.97. The van der Waals surface area contributed by atoms with Crippen molar-refractivity contribution >= 4 is 15.8 Å². The van der Waals surface area contributed by atoms with Crippen molar-refractivity contribution in [2.24, 2.45) is 0 Å². The predicted octanol–water partition coefficient (Wildman–Crippen LogP) is 2.65. The molecule has 4 rings (SSSR count). The molecule has 2 aromatic heterocycles. The Hall–Kier alpha value is -2.00. The van der Waals surface area contributed by atoms with Crippen LogP contribution in [-0.4, -0.2) is 59.2 Å². The SMILES string of the molecule is CCCn1cc(S(=O)(=O)N2CCC[C@@H](c3nc(C)c4c(n3)N(C)CCC4)C2)c(C)n1. The lowest BCUT2D eigenvalue weighted by Crippen LogP contribution is -2.40. The van der Waals surface area contributed by atoms with Gasteiger partial charge in [-0.3, -0.25) is 4.68 Å². The second-order valence-electron chi connectivity index (χ2n) is 8.54. The maximum atomic E-state index is 13.4. The molecule has 8 nitrogen and oxygen atoms in total. The Bertz CT molecular complexity index is 1030. The molecule has 0 amide bonds. The van der Waals surface area contributed by atoms with Crippen LogP contribution < -0.4 is 4.90 Å². The van der Waals surface area contributed by atoms with E-state index in [2.05, 4.69) is 24.0 Å². The van der Waals surface area contributed by atoms with Gasteiger partial charge in [0, 0.05) is 56.6 Å². The van der Waals surface area contributed by atoms with E-state index in [4.69, 9.17) is 9.97 Å². The Kier molecular flexibility index (Phi) is 5.85. The minimum absolute atomic E-state index is 0.0128. The summed E-state index contributed by atoms with van der Waals surface area (Å²) >= 11 is 0. The maximum absolute atomic E-state index is 13.4. The van der Waals surface area contributed by atoms with Gasteiger partial charge in [0.2, 0.25) is 10.0 Å². The molecule has 0 radical (unpaired) electrons. The quantitative estimate of drug-likeness (QED) is 0.722. The summed E-state index contributed by atoms with van der Waals surface area (Å²) in [7, 11) is -1.51. The van der Waals surface area contributed by atoms with Crippen LogP contribution in [0.2, 0.25) is 0 Å². The first-order chi connectivity index (χ1) is 14.3. The molecule has 9 heteroatoms. The van der Waals surface area contributed by atoms with E-state index in [-0.39, 0.29) is 5.92 Å². The van der Waals surface area contributed by atoms with Gasteiger partial charge in [0.15, 0.2) is 0 Å². The fourth-order valence-corrected chi connectivity index (χ4v) is 6.29. The van der Waals surface area contributed by atoms with E-state index in [9.17, 15) is 8.42 Å². The molecule has 0 aliphatic carbocycles. The van der Waals surface area contributed by atoms with Crippen LogP contribution in [0.5, 0.6) is 0 Å². The highest BCUT2D eigenvalue weighted by Crippen LogP contribution is 2.33. The third-order valence-electron chi connectivity index (χ3n) is 6.21. The van der Waals surface area contributed by atoms with E-state index >= 15 is 0 Å². The van der Waals surface area contributed by atoms with Gasteiger partial charge in [0.25, 0.3) is 0 Å². The van der Waals surface area contributed by atoms with Crippen molar-refractivity contribution in [2.75, 3.05) is 31.6 Å². The summed E-state index contributed by atoms with van der Waals surface area (Å²) in [6, 6.07) is 0. The zero-order valence-electron chi connectivity index (χ0n) is 18.4. The second kappa shape index (κ2) is 8.26. The van der Waals surface area contributed by atoms with E-state index in [1.165, 1.54) is 5.56 Å². The molecule has 1 saturated heterocycles. The molecule has 0 aromatic carbocycles. The first-order valence-electron chi connectivity index (χ1n) is 10.9. The van der Waals surface area contributed by atoms with Crippen molar-refractivity contribution < 1.29 is 8.42 Å². The summed E-state index contributed by atoms with van der Waals surface area (Å²) in [6.07, 6.45) is 6.43. The maximum Gasteiger partial charge on any atom is 0.246 e. The first-order valence-corrected chi connectivity index (χ1v) is 12.4. The van der Waals surface area contributed by atoms with E-state index in [1.807, 2.05) is 6.92 Å². The number of nitrogens with zero attached hydrogens (tertiary/aromatic N) is 6. The van der Waals surface area contributed by atoms with Crippen LogP contribution in [0.15, 0.2) is 11.1 Å². The number of anilines is 1. The third-order valence-corrected chi connectivity index (χ3v) is 8.18. The Labute approximate surface area is 179 Å². The molecule has 2 aromatic rings. The number of hydrogen-bond acceptors (Lipinski definition) is 6. The van der Waals surface area contributed by atoms with Crippen LogP contribution in [0.25, 0.3) is 0 Å². The van der Waals surface area contributed by atoms with Gasteiger partial charge < -0.3 is 4.90 Å². The average molecular weight is 433 g/mol. The number of piperidine rings is 1. The van der Waals surface area contributed by atoms with E-state index in [0.29, 0.717) is 23.7 Å². The Morgan fingerprint density at radius 2 is 1.93 bits per heavy atom. The molecule has 30 heavy (non-hydrogen) atoms. The Morgan fingerprint density at radius 3 is 2.70 bits per heavy atom. The third kappa shape index (κ3) is 3.85. The second-order valence-corrected chi connectivity index (χ2v) is 10.4. The molecule has 0 bridgehead atoms. The number of fused-ring (bicyclic) bond motifs is 1. The molecule has 2 aliphatic heterocycles. The molecular formula is C21H32N6O2S. The van der Waals surface area contributed by atoms with Crippen LogP contribution in [-0.2, 0) is 23.0 Å². The standard InChI is InChI=1S/C21H32N6O2S/c1-5-10-26-14-19(16(3)24-26)30(28,29)27-12-6-8-17(13-27)20-22-15(2)18-9-7-11-25(4)21(18)23-20/h14,17H,5-13H2,1-4H3/t17-/m1/s1. The highest BCUT2D eigenvalue weighted by molar-refractivity contribution is 7.89. The van der Waals surface area contributed by atoms with Gasteiger partial charge in [-0.25, -0.2) is 18.4 Å². The Morgan fingerprint density at radius 1 is 1.13 bits per heavy atom. The molecule has 0 spiro atoms. The summed E-state index contributed by atoms with van der Waals surface area (Å²) in [4.78, 5) is 12.2. The largest absolute Gasteiger partial charge is 0.359 e. The normalized spacial score (nSPS) is 20.4. The number of hydrogen-bond donors (Lipinski definition) is 0. The molecular weight excluding hydrogens is 400 g/mol. The lowest BCUT2D eigenvalue weighted by Gasteiger charge is -2.33. The summed E-state index contributed by atoms with van der Waals surface area (Å²) in [6.45, 7) is 8.53. The van der Waals surface area contributed by atoms with Crippen LogP contribution in [0, 0.1) is 13.8 Å². The Balaban J connectivity index is 1.61. The van der Waals surface area contributed by atoms with Crippen molar-refractivity contribution in [2.45, 2.75) is 70.2 Å². The molecule has 164 valence electrons. The zero-order valence-corrected chi connectivity index (χ0v) is 19.2. The molecule has 4 heterocycles. The summed E-state index contributed by atoms with van der Waals surface area (Å²) in [5.74, 6) is 1.80. The van der Waals surface area contributed by atoms with Gasteiger partial charge in [-0.15, -0.1) is 0 Å². The number of sulfonamides is 1. The predicted molar refractivity (Wildman–Crippen MR) is 116 cm³/mol. The number of aromatic nitrogens is 4. The molecule has 0 N–H and O–H groups in total. The topological polar surface area (TPSA) is 84.2 Å². The molecule has 0 saturated carbocycles. The summed E-state index contributed by atoms with van der Waals surface area (Å²) in [5.41, 5.74) is 2.82. The van der Waals surface area contributed by atoms with E-state index < -0.39 is 10.0 Å². The van der Waals surface area contributed by atoms with Crippen LogP contribution in [0.4, 0.5) is 5.82 Å². The highest BCUT2D eigenvalue weighted by atomic mass is 32.2. The lowest BCUT2D eigenvalue weighted by molar-refractivity contribution is 0.308. The average Bonchev–Trinajstić information content (AvgIpc) is 3.10.